The third-order valence-corrected chi connectivity index (χ3v) is 5.13. The molecular formula is C20H22N2O2. The molecule has 4 rings (SSSR count). The van der Waals surface area contributed by atoms with Gasteiger partial charge in [0.05, 0.1) is 12.2 Å². The lowest BCUT2D eigenvalue weighted by atomic mass is 10.0. The number of carbonyl (C=O) groups is 1. The van der Waals surface area contributed by atoms with Crippen LogP contribution in [0.4, 0.5) is 0 Å². The molecule has 1 saturated carbocycles. The van der Waals surface area contributed by atoms with E-state index in [0.29, 0.717) is 6.54 Å². The first kappa shape index (κ1) is 15.2. The first-order valence-electron chi connectivity index (χ1n) is 8.56. The van der Waals surface area contributed by atoms with Gasteiger partial charge in [-0.05, 0) is 43.0 Å². The molecule has 0 radical (unpaired) electrons. The predicted octanol–water partition coefficient (Wildman–Crippen LogP) is 3.28. The Hall–Kier alpha value is -2.36. The number of hydrogen-bond donors (Lipinski definition) is 1. The van der Waals surface area contributed by atoms with Crippen LogP contribution < -0.4 is 10.1 Å². The molecule has 24 heavy (non-hydrogen) atoms. The highest BCUT2D eigenvalue weighted by molar-refractivity contribution is 5.84. The van der Waals surface area contributed by atoms with E-state index in [1.165, 1.54) is 5.56 Å². The maximum Gasteiger partial charge on any atom is 0.226 e. The molecule has 0 spiro atoms. The van der Waals surface area contributed by atoms with Crippen molar-refractivity contribution in [2.45, 2.75) is 39.2 Å². The maximum absolute atomic E-state index is 12.1. The molecule has 4 heteroatoms. The highest BCUT2D eigenvalue weighted by Crippen LogP contribution is 2.45. The summed E-state index contributed by atoms with van der Waals surface area (Å²) in [5, 5.41) is 3.05. The lowest BCUT2D eigenvalue weighted by Gasteiger charge is -2.15. The van der Waals surface area contributed by atoms with Crippen LogP contribution in [0.15, 0.2) is 36.5 Å². The van der Waals surface area contributed by atoms with Crippen LogP contribution in [-0.2, 0) is 11.2 Å². The zero-order chi connectivity index (χ0) is 16.7. The monoisotopic (exact) mass is 322 g/mol. The Balaban J connectivity index is 1.51. The molecule has 0 saturated heterocycles. The molecule has 2 aromatic rings. The molecule has 1 fully saturated rings. The largest absolute Gasteiger partial charge is 0.487 e. The number of nitrogens with one attached hydrogen (secondary N) is 1. The Morgan fingerprint density at radius 2 is 2.17 bits per heavy atom. The van der Waals surface area contributed by atoms with Gasteiger partial charge in [0, 0.05) is 23.6 Å². The smallest absolute Gasteiger partial charge is 0.226 e. The Bertz CT molecular complexity index is 796. The summed E-state index contributed by atoms with van der Waals surface area (Å²) in [4.78, 5) is 16.6. The first-order chi connectivity index (χ1) is 11.6. The van der Waals surface area contributed by atoms with E-state index in [2.05, 4.69) is 41.5 Å². The van der Waals surface area contributed by atoms with E-state index in [1.54, 1.807) is 0 Å². The van der Waals surface area contributed by atoms with Gasteiger partial charge in [-0.25, -0.2) is 0 Å². The molecule has 1 atom stereocenters. The second kappa shape index (κ2) is 5.62. The minimum absolute atomic E-state index is 0.00327. The summed E-state index contributed by atoms with van der Waals surface area (Å²) in [7, 11) is 0. The summed E-state index contributed by atoms with van der Waals surface area (Å²) < 4.78 is 6.18. The number of para-hydroxylation sites is 1. The molecule has 1 N–H and O–H groups in total. The molecule has 1 aliphatic heterocycles. The van der Waals surface area contributed by atoms with E-state index in [4.69, 9.17) is 4.74 Å². The van der Waals surface area contributed by atoms with Crippen molar-refractivity contribution in [2.24, 2.45) is 5.41 Å². The molecule has 2 heterocycles. The van der Waals surface area contributed by atoms with E-state index in [1.807, 2.05) is 19.2 Å². The van der Waals surface area contributed by atoms with Gasteiger partial charge in [-0.2, -0.15) is 0 Å². The Labute approximate surface area is 142 Å². The fourth-order valence-corrected chi connectivity index (χ4v) is 3.24. The fraction of sp³-hybridized carbons (Fsp3) is 0.400. The average Bonchev–Trinajstić information content (AvgIpc) is 3.19. The van der Waals surface area contributed by atoms with Crippen molar-refractivity contribution in [1.82, 2.24) is 10.3 Å². The summed E-state index contributed by atoms with van der Waals surface area (Å²) in [5.74, 6) is 1.07. The number of nitrogens with zero attached hydrogens (tertiary/aromatic N) is 1. The molecule has 1 aromatic heterocycles. The maximum atomic E-state index is 12.1. The van der Waals surface area contributed by atoms with Gasteiger partial charge in [-0.3, -0.25) is 9.78 Å². The van der Waals surface area contributed by atoms with Crippen molar-refractivity contribution < 1.29 is 9.53 Å². The second-order valence-corrected chi connectivity index (χ2v) is 7.18. The van der Waals surface area contributed by atoms with Gasteiger partial charge in [-0.1, -0.05) is 25.1 Å². The fourth-order valence-electron chi connectivity index (χ4n) is 3.24. The molecule has 0 bridgehead atoms. The van der Waals surface area contributed by atoms with Crippen molar-refractivity contribution in [3.63, 3.8) is 0 Å². The Morgan fingerprint density at radius 1 is 1.33 bits per heavy atom. The van der Waals surface area contributed by atoms with Gasteiger partial charge >= 0.3 is 0 Å². The van der Waals surface area contributed by atoms with Crippen LogP contribution in [0.3, 0.4) is 0 Å². The quantitative estimate of drug-likeness (QED) is 0.940. The highest BCUT2D eigenvalue weighted by atomic mass is 16.5. The zero-order valence-corrected chi connectivity index (χ0v) is 14.1. The summed E-state index contributed by atoms with van der Waals surface area (Å²) in [5.41, 5.74) is 4.18. The molecule has 2 aliphatic rings. The van der Waals surface area contributed by atoms with Crippen LogP contribution in [0.25, 0.3) is 11.3 Å². The number of rotatable bonds is 4. The lowest BCUT2D eigenvalue weighted by molar-refractivity contribution is -0.126. The Morgan fingerprint density at radius 3 is 2.92 bits per heavy atom. The van der Waals surface area contributed by atoms with E-state index in [-0.39, 0.29) is 17.4 Å². The van der Waals surface area contributed by atoms with Crippen LogP contribution in [0.5, 0.6) is 5.75 Å². The normalized spacial score (nSPS) is 20.2. The third kappa shape index (κ3) is 2.66. The number of fused-ring (bicyclic) bond motifs is 1. The van der Waals surface area contributed by atoms with Crippen LogP contribution in [-0.4, -0.2) is 23.5 Å². The van der Waals surface area contributed by atoms with Crippen molar-refractivity contribution in [1.29, 1.82) is 0 Å². The zero-order valence-electron chi connectivity index (χ0n) is 14.1. The van der Waals surface area contributed by atoms with Crippen LogP contribution in [0.1, 0.15) is 30.9 Å². The molecule has 0 unspecified atom stereocenters. The number of amides is 1. The van der Waals surface area contributed by atoms with Crippen LogP contribution in [0.2, 0.25) is 0 Å². The average molecular weight is 322 g/mol. The van der Waals surface area contributed by atoms with Crippen molar-refractivity contribution in [3.05, 3.63) is 47.7 Å². The van der Waals surface area contributed by atoms with Crippen molar-refractivity contribution in [3.8, 4) is 17.0 Å². The molecule has 124 valence electrons. The predicted molar refractivity (Wildman–Crippen MR) is 92.9 cm³/mol. The first-order valence-corrected chi connectivity index (χ1v) is 8.56. The number of ether oxygens (including phenoxy) is 1. The highest BCUT2D eigenvalue weighted by Gasteiger charge is 2.45. The van der Waals surface area contributed by atoms with Gasteiger partial charge in [0.2, 0.25) is 5.91 Å². The lowest BCUT2D eigenvalue weighted by Crippen LogP contribution is -2.38. The van der Waals surface area contributed by atoms with Crippen molar-refractivity contribution in [2.75, 3.05) is 6.54 Å². The molecule has 1 aromatic carbocycles. The van der Waals surface area contributed by atoms with E-state index in [0.717, 1.165) is 41.8 Å². The molecule has 1 aliphatic carbocycles. The number of aryl methyl sites for hydroxylation is 1. The number of aromatic nitrogens is 1. The van der Waals surface area contributed by atoms with Gasteiger partial charge < -0.3 is 10.1 Å². The molecule has 4 nitrogen and oxygen atoms in total. The number of pyridine rings is 1. The Kier molecular flexibility index (Phi) is 3.56. The number of hydrogen-bond acceptors (Lipinski definition) is 3. The van der Waals surface area contributed by atoms with Gasteiger partial charge in [0.25, 0.3) is 0 Å². The topological polar surface area (TPSA) is 51.2 Å². The number of carbonyl (C=O) groups excluding carboxylic acids is 1. The standard InChI is InChI=1S/C20H22N2O2/c1-13-5-4-10-21-17(13)16-7-3-6-14-11-15(24-18(14)16)12-22-19(23)20(2)8-9-20/h3-7,10,15H,8-9,11-12H2,1-2H3,(H,22,23)/t15-/m0/s1. The van der Waals surface area contributed by atoms with Gasteiger partial charge in [0.15, 0.2) is 0 Å². The van der Waals surface area contributed by atoms with Crippen molar-refractivity contribution >= 4 is 5.91 Å². The summed E-state index contributed by atoms with van der Waals surface area (Å²) in [6, 6.07) is 10.2. The molecular weight excluding hydrogens is 300 g/mol. The van der Waals surface area contributed by atoms with E-state index in [9.17, 15) is 4.79 Å². The van der Waals surface area contributed by atoms with E-state index < -0.39 is 0 Å². The summed E-state index contributed by atoms with van der Waals surface area (Å²) in [6.07, 6.45) is 4.62. The van der Waals surface area contributed by atoms with E-state index >= 15 is 0 Å². The minimum Gasteiger partial charge on any atom is -0.487 e. The van der Waals surface area contributed by atoms with Gasteiger partial charge in [0.1, 0.15) is 11.9 Å². The third-order valence-electron chi connectivity index (χ3n) is 5.13. The molecule has 1 amide bonds. The number of benzene rings is 1. The minimum atomic E-state index is -0.137. The SMILES string of the molecule is Cc1cccnc1-c1cccc2c1O[C@H](CNC(=O)C1(C)CC1)C2. The van der Waals surface area contributed by atoms with Gasteiger partial charge in [-0.15, -0.1) is 0 Å². The van der Waals surface area contributed by atoms with Crippen LogP contribution >= 0.6 is 0 Å². The second-order valence-electron chi connectivity index (χ2n) is 7.18. The summed E-state index contributed by atoms with van der Waals surface area (Å²) >= 11 is 0. The summed E-state index contributed by atoms with van der Waals surface area (Å²) in [6.45, 7) is 4.64. The van der Waals surface area contributed by atoms with Crippen LogP contribution in [0, 0.1) is 12.3 Å².